The minimum atomic E-state index is -0.630. The highest BCUT2D eigenvalue weighted by molar-refractivity contribution is 6.11. The fourth-order valence-corrected chi connectivity index (χ4v) is 3.96. The van der Waals surface area contributed by atoms with E-state index in [-0.39, 0.29) is 12.5 Å². The first-order valence-corrected chi connectivity index (χ1v) is 10.8. The van der Waals surface area contributed by atoms with Gasteiger partial charge < -0.3 is 10.1 Å². The minimum absolute atomic E-state index is 0.136. The van der Waals surface area contributed by atoms with Crippen LogP contribution < -0.4 is 10.2 Å². The van der Waals surface area contributed by atoms with Gasteiger partial charge >= 0.3 is 5.97 Å². The predicted octanol–water partition coefficient (Wildman–Crippen LogP) is 4.35. The third kappa shape index (κ3) is 4.11. The van der Waals surface area contributed by atoms with Gasteiger partial charge in [-0.2, -0.15) is 0 Å². The molecule has 7 heteroatoms. The molecule has 1 N–H and O–H groups in total. The Kier molecular flexibility index (Phi) is 5.51. The van der Waals surface area contributed by atoms with Crippen molar-refractivity contribution in [3.8, 4) is 11.3 Å². The van der Waals surface area contributed by atoms with Gasteiger partial charge in [-0.1, -0.05) is 60.2 Å². The number of carbonyl (C=O) groups excluding carboxylic acids is 3. The lowest BCUT2D eigenvalue weighted by molar-refractivity contribution is -0.124. The van der Waals surface area contributed by atoms with Crippen molar-refractivity contribution < 1.29 is 19.1 Å². The molecular formula is C27H21N3O4. The number of anilines is 2. The standard InChI is InChI=1S/C27H21N3O4/c1-17-10-12-18(13-11-17)23-14-20(19-6-2-3-7-21(19)28-23)27(33)34-16-26(32)30-15-25(31)29-22-8-4-5-9-24(22)30/h2-14H,15-16H2,1H3,(H,29,31). The first-order valence-electron chi connectivity index (χ1n) is 10.8. The quantitative estimate of drug-likeness (QED) is 0.466. The molecule has 4 aromatic rings. The van der Waals surface area contributed by atoms with Gasteiger partial charge in [0.05, 0.1) is 28.1 Å². The van der Waals surface area contributed by atoms with E-state index in [1.54, 1.807) is 36.4 Å². The van der Waals surface area contributed by atoms with Crippen LogP contribution in [0.15, 0.2) is 78.9 Å². The van der Waals surface area contributed by atoms with Gasteiger partial charge in [0, 0.05) is 10.9 Å². The van der Waals surface area contributed by atoms with Crippen molar-refractivity contribution in [2.45, 2.75) is 6.92 Å². The fraction of sp³-hybridized carbons (Fsp3) is 0.111. The Hall–Kier alpha value is -4.52. The Labute approximate surface area is 196 Å². The summed E-state index contributed by atoms with van der Waals surface area (Å²) in [5.41, 5.74) is 4.72. The molecule has 2 heterocycles. The van der Waals surface area contributed by atoms with Gasteiger partial charge in [-0.3, -0.25) is 14.5 Å². The number of aromatic nitrogens is 1. The number of nitrogens with one attached hydrogen (secondary N) is 1. The molecule has 1 aromatic heterocycles. The normalized spacial score (nSPS) is 12.7. The summed E-state index contributed by atoms with van der Waals surface area (Å²) in [5, 5.41) is 3.37. The van der Waals surface area contributed by atoms with Crippen LogP contribution in [0.3, 0.4) is 0 Å². The monoisotopic (exact) mass is 451 g/mol. The molecule has 0 saturated heterocycles. The number of esters is 1. The molecule has 1 aliphatic heterocycles. The Morgan fingerprint density at radius 3 is 2.56 bits per heavy atom. The van der Waals surface area contributed by atoms with E-state index in [0.717, 1.165) is 11.1 Å². The van der Waals surface area contributed by atoms with Crippen LogP contribution in [-0.4, -0.2) is 35.9 Å². The van der Waals surface area contributed by atoms with Crippen molar-refractivity contribution in [2.24, 2.45) is 0 Å². The summed E-state index contributed by atoms with van der Waals surface area (Å²) < 4.78 is 5.42. The number of carbonyl (C=O) groups is 3. The molecule has 5 rings (SSSR count). The molecule has 0 aliphatic carbocycles. The van der Waals surface area contributed by atoms with Crippen LogP contribution in [0.2, 0.25) is 0 Å². The van der Waals surface area contributed by atoms with Crippen molar-refractivity contribution in [2.75, 3.05) is 23.4 Å². The highest BCUT2D eigenvalue weighted by Crippen LogP contribution is 2.29. The smallest absolute Gasteiger partial charge is 0.339 e. The summed E-state index contributed by atoms with van der Waals surface area (Å²) in [6.07, 6.45) is 0. The molecule has 3 aromatic carbocycles. The number of aryl methyl sites for hydroxylation is 1. The number of nitrogens with zero attached hydrogens (tertiary/aromatic N) is 2. The molecule has 7 nitrogen and oxygen atoms in total. The molecule has 0 unspecified atom stereocenters. The summed E-state index contributed by atoms with van der Waals surface area (Å²) in [6, 6.07) is 23.8. The number of benzene rings is 3. The van der Waals surface area contributed by atoms with E-state index in [1.165, 1.54) is 4.90 Å². The van der Waals surface area contributed by atoms with E-state index < -0.39 is 18.5 Å². The Morgan fingerprint density at radius 2 is 1.74 bits per heavy atom. The van der Waals surface area contributed by atoms with E-state index in [4.69, 9.17) is 9.72 Å². The number of fused-ring (bicyclic) bond motifs is 2. The van der Waals surface area contributed by atoms with E-state index in [0.29, 0.717) is 33.5 Å². The second kappa shape index (κ2) is 8.78. The van der Waals surface area contributed by atoms with Gasteiger partial charge in [-0.15, -0.1) is 0 Å². The summed E-state index contributed by atoms with van der Waals surface area (Å²) >= 11 is 0. The highest BCUT2D eigenvalue weighted by Gasteiger charge is 2.27. The van der Waals surface area contributed by atoms with E-state index in [9.17, 15) is 14.4 Å². The molecule has 168 valence electrons. The number of pyridine rings is 1. The lowest BCUT2D eigenvalue weighted by atomic mass is 10.0. The summed E-state index contributed by atoms with van der Waals surface area (Å²) in [4.78, 5) is 44.0. The third-order valence-electron chi connectivity index (χ3n) is 5.68. The van der Waals surface area contributed by atoms with Crippen LogP contribution in [0, 0.1) is 6.92 Å². The molecule has 34 heavy (non-hydrogen) atoms. The molecule has 1 aliphatic rings. The van der Waals surface area contributed by atoms with Crippen LogP contribution in [0.5, 0.6) is 0 Å². The number of hydrogen-bond acceptors (Lipinski definition) is 5. The molecule has 0 radical (unpaired) electrons. The molecule has 2 amide bonds. The number of hydrogen-bond donors (Lipinski definition) is 1. The minimum Gasteiger partial charge on any atom is -0.452 e. The second-order valence-electron chi connectivity index (χ2n) is 8.06. The van der Waals surface area contributed by atoms with E-state index in [1.807, 2.05) is 49.4 Å². The average molecular weight is 451 g/mol. The van der Waals surface area contributed by atoms with Gasteiger partial charge in [-0.05, 0) is 31.2 Å². The number of para-hydroxylation sites is 3. The number of amides is 2. The van der Waals surface area contributed by atoms with Crippen molar-refractivity contribution >= 4 is 40.1 Å². The Balaban J connectivity index is 1.41. The predicted molar refractivity (Wildman–Crippen MR) is 130 cm³/mol. The zero-order valence-corrected chi connectivity index (χ0v) is 18.4. The Bertz CT molecular complexity index is 1430. The van der Waals surface area contributed by atoms with Crippen molar-refractivity contribution in [3.63, 3.8) is 0 Å². The van der Waals surface area contributed by atoms with Gasteiger partial charge in [0.15, 0.2) is 6.61 Å². The number of ether oxygens (including phenoxy) is 1. The van der Waals surface area contributed by atoms with Gasteiger partial charge in [0.1, 0.15) is 6.54 Å². The molecule has 0 atom stereocenters. The maximum absolute atomic E-state index is 13.1. The van der Waals surface area contributed by atoms with Gasteiger partial charge in [0.25, 0.3) is 5.91 Å². The molecule has 0 bridgehead atoms. The first kappa shape index (κ1) is 21.3. The van der Waals surface area contributed by atoms with E-state index >= 15 is 0 Å². The van der Waals surface area contributed by atoms with Crippen molar-refractivity contribution in [3.05, 3.63) is 90.0 Å². The average Bonchev–Trinajstić information content (AvgIpc) is 2.86. The van der Waals surface area contributed by atoms with Gasteiger partial charge in [-0.25, -0.2) is 9.78 Å². The molecule has 0 fully saturated rings. The van der Waals surface area contributed by atoms with Crippen LogP contribution >= 0.6 is 0 Å². The summed E-state index contributed by atoms with van der Waals surface area (Å²) in [5.74, 6) is -1.41. The fourth-order valence-electron chi connectivity index (χ4n) is 3.96. The van der Waals surface area contributed by atoms with Gasteiger partial charge in [0.2, 0.25) is 5.91 Å². The largest absolute Gasteiger partial charge is 0.452 e. The highest BCUT2D eigenvalue weighted by atomic mass is 16.5. The zero-order valence-electron chi connectivity index (χ0n) is 18.4. The lowest BCUT2D eigenvalue weighted by Crippen LogP contribution is -2.44. The van der Waals surface area contributed by atoms with Crippen LogP contribution in [0.1, 0.15) is 15.9 Å². The number of rotatable bonds is 4. The van der Waals surface area contributed by atoms with Crippen LogP contribution in [-0.2, 0) is 14.3 Å². The molecule has 0 saturated carbocycles. The van der Waals surface area contributed by atoms with Crippen molar-refractivity contribution in [1.82, 2.24) is 4.98 Å². The summed E-state index contributed by atoms with van der Waals surface area (Å²) in [7, 11) is 0. The third-order valence-corrected chi connectivity index (χ3v) is 5.68. The second-order valence-corrected chi connectivity index (χ2v) is 8.06. The van der Waals surface area contributed by atoms with Crippen molar-refractivity contribution in [1.29, 1.82) is 0 Å². The lowest BCUT2D eigenvalue weighted by Gasteiger charge is -2.28. The molecular weight excluding hydrogens is 430 g/mol. The SMILES string of the molecule is Cc1ccc(-c2cc(C(=O)OCC(=O)N3CC(=O)Nc4ccccc43)c3ccccc3n2)cc1. The Morgan fingerprint density at radius 1 is 1.00 bits per heavy atom. The van der Waals surface area contributed by atoms with E-state index in [2.05, 4.69) is 5.32 Å². The first-order chi connectivity index (χ1) is 16.5. The topological polar surface area (TPSA) is 88.6 Å². The summed E-state index contributed by atoms with van der Waals surface area (Å²) in [6.45, 7) is 1.38. The van der Waals surface area contributed by atoms with Crippen LogP contribution in [0.4, 0.5) is 11.4 Å². The maximum atomic E-state index is 13.1. The zero-order chi connectivity index (χ0) is 23.7. The maximum Gasteiger partial charge on any atom is 0.339 e. The molecule has 0 spiro atoms. The van der Waals surface area contributed by atoms with Crippen LogP contribution in [0.25, 0.3) is 22.2 Å².